The van der Waals surface area contributed by atoms with Gasteiger partial charge in [0, 0.05) is 51.2 Å². The third-order valence-corrected chi connectivity index (χ3v) is 5.76. The first-order valence-electron chi connectivity index (χ1n) is 8.40. The van der Waals surface area contributed by atoms with Crippen LogP contribution >= 0.6 is 0 Å². The van der Waals surface area contributed by atoms with Gasteiger partial charge in [0.05, 0.1) is 23.0 Å². The number of hydrogen-bond donors (Lipinski definition) is 0. The second-order valence-electron chi connectivity index (χ2n) is 7.21. The highest BCUT2D eigenvalue weighted by molar-refractivity contribution is 5.82. The van der Waals surface area contributed by atoms with Crippen LogP contribution in [0.15, 0.2) is 12.1 Å². The van der Waals surface area contributed by atoms with Crippen molar-refractivity contribution in [2.75, 3.05) is 43.0 Å². The topological polar surface area (TPSA) is 33.5 Å². The lowest BCUT2D eigenvalue weighted by molar-refractivity contribution is 0.156. The van der Waals surface area contributed by atoms with Gasteiger partial charge < -0.3 is 14.7 Å². The number of likely N-dealkylation sites (N-methyl/N-ethyl adjacent to an activating group) is 1. The second kappa shape index (κ2) is 4.89. The van der Waals surface area contributed by atoms with E-state index in [-0.39, 0.29) is 0 Å². The summed E-state index contributed by atoms with van der Waals surface area (Å²) in [6.07, 6.45) is 1.24. The molecule has 0 spiro atoms. The first-order valence-corrected chi connectivity index (χ1v) is 8.40. The summed E-state index contributed by atoms with van der Waals surface area (Å²) in [4.78, 5) is 7.54. The Kier molecular flexibility index (Phi) is 3.09. The van der Waals surface area contributed by atoms with Crippen LogP contribution in [0.5, 0.6) is 0 Å². The van der Waals surface area contributed by atoms with E-state index in [2.05, 4.69) is 53.8 Å². The molecule has 3 aliphatic rings. The molecule has 2 unspecified atom stereocenters. The molecule has 4 nitrogen and oxygen atoms in total. The fourth-order valence-electron chi connectivity index (χ4n) is 4.53. The van der Waals surface area contributed by atoms with E-state index < -0.39 is 0 Å². The zero-order chi connectivity index (χ0) is 15.4. The summed E-state index contributed by atoms with van der Waals surface area (Å²) in [5.41, 5.74) is 4.89. The molecule has 4 rings (SSSR count). The van der Waals surface area contributed by atoms with Gasteiger partial charge in [0.25, 0.3) is 0 Å². The van der Waals surface area contributed by atoms with Gasteiger partial charge >= 0.3 is 0 Å². The maximum absolute atomic E-state index is 9.40. The fourth-order valence-corrected chi connectivity index (χ4v) is 4.53. The molecule has 4 heteroatoms. The summed E-state index contributed by atoms with van der Waals surface area (Å²) in [5, 5.41) is 9.40. The van der Waals surface area contributed by atoms with Crippen molar-refractivity contribution in [2.24, 2.45) is 0 Å². The SMILES string of the molecule is CC(C)N1CCC2C(C1)c1cc(C#N)cc3c1N2CCN3C. The molecule has 0 N–H and O–H groups in total. The van der Waals surface area contributed by atoms with E-state index in [1.54, 1.807) is 0 Å². The van der Waals surface area contributed by atoms with Crippen LogP contribution in [0.1, 0.15) is 37.3 Å². The minimum absolute atomic E-state index is 0.560. The Hall–Kier alpha value is -1.73. The first-order chi connectivity index (χ1) is 10.6. The van der Waals surface area contributed by atoms with Gasteiger partial charge in [0.2, 0.25) is 0 Å². The van der Waals surface area contributed by atoms with Crippen LogP contribution in [-0.4, -0.2) is 50.2 Å². The molecular formula is C18H24N4. The lowest BCUT2D eigenvalue weighted by Gasteiger charge is -2.42. The molecule has 1 aromatic rings. The number of nitrogens with zero attached hydrogens (tertiary/aromatic N) is 4. The molecule has 0 amide bonds. The summed E-state index contributed by atoms with van der Waals surface area (Å²) in [5.74, 6) is 0.560. The highest BCUT2D eigenvalue weighted by Gasteiger charge is 2.45. The van der Waals surface area contributed by atoms with Crippen molar-refractivity contribution in [1.29, 1.82) is 5.26 Å². The van der Waals surface area contributed by atoms with Crippen LogP contribution in [0.2, 0.25) is 0 Å². The number of nitriles is 1. The van der Waals surface area contributed by atoms with Gasteiger partial charge in [-0.3, -0.25) is 0 Å². The van der Waals surface area contributed by atoms with E-state index in [4.69, 9.17) is 0 Å². The number of anilines is 2. The van der Waals surface area contributed by atoms with Gasteiger partial charge in [-0.05, 0) is 38.0 Å². The quantitative estimate of drug-likeness (QED) is 0.797. The molecular weight excluding hydrogens is 272 g/mol. The van der Waals surface area contributed by atoms with E-state index in [0.29, 0.717) is 18.0 Å². The largest absolute Gasteiger partial charge is 0.371 e. The van der Waals surface area contributed by atoms with Crippen molar-refractivity contribution < 1.29 is 0 Å². The zero-order valence-corrected chi connectivity index (χ0v) is 13.7. The number of rotatable bonds is 1. The van der Waals surface area contributed by atoms with Crippen LogP contribution in [0.4, 0.5) is 11.4 Å². The molecule has 3 aliphatic heterocycles. The normalized spacial score (nSPS) is 26.9. The third kappa shape index (κ3) is 1.85. The Bertz CT molecular complexity index is 645. The van der Waals surface area contributed by atoms with Crippen LogP contribution < -0.4 is 9.80 Å². The van der Waals surface area contributed by atoms with Gasteiger partial charge in [0.1, 0.15) is 0 Å². The highest BCUT2D eigenvalue weighted by atomic mass is 15.3. The number of fused-ring (bicyclic) bond motifs is 3. The van der Waals surface area contributed by atoms with E-state index in [1.807, 2.05) is 0 Å². The van der Waals surface area contributed by atoms with Crippen molar-refractivity contribution in [1.82, 2.24) is 4.90 Å². The number of hydrogen-bond acceptors (Lipinski definition) is 4. The summed E-state index contributed by atoms with van der Waals surface area (Å²) in [6, 6.07) is 7.82. The summed E-state index contributed by atoms with van der Waals surface area (Å²) < 4.78 is 0. The Labute approximate surface area is 132 Å². The minimum Gasteiger partial charge on any atom is -0.371 e. The zero-order valence-electron chi connectivity index (χ0n) is 13.7. The number of likely N-dealkylation sites (tertiary alicyclic amines) is 1. The molecule has 1 saturated heterocycles. The average Bonchev–Trinajstić information content (AvgIpc) is 2.84. The van der Waals surface area contributed by atoms with Crippen LogP contribution in [-0.2, 0) is 0 Å². The van der Waals surface area contributed by atoms with Gasteiger partial charge in [0.15, 0.2) is 0 Å². The lowest BCUT2D eigenvalue weighted by atomic mass is 9.88. The predicted octanol–water partition coefficient (Wildman–Crippen LogP) is 2.39. The standard InChI is InChI=1S/C18H24N4/c1-12(2)21-5-4-16-15(11-21)14-8-13(10-19)9-17-18(14)22(16)7-6-20(17)3/h8-9,12,15-16H,4-7,11H2,1-3H3. The van der Waals surface area contributed by atoms with Crippen molar-refractivity contribution in [3.8, 4) is 6.07 Å². The molecule has 0 saturated carbocycles. The predicted molar refractivity (Wildman–Crippen MR) is 89.6 cm³/mol. The summed E-state index contributed by atoms with van der Waals surface area (Å²) in [6.45, 7) is 9.07. The lowest BCUT2D eigenvalue weighted by Crippen LogP contribution is -2.50. The Balaban J connectivity index is 1.82. The number of benzene rings is 1. The van der Waals surface area contributed by atoms with Gasteiger partial charge in [-0.15, -0.1) is 0 Å². The third-order valence-electron chi connectivity index (χ3n) is 5.76. The fraction of sp³-hybridized carbons (Fsp3) is 0.611. The van der Waals surface area contributed by atoms with Crippen molar-refractivity contribution >= 4 is 11.4 Å². The molecule has 2 atom stereocenters. The molecule has 1 fully saturated rings. The van der Waals surface area contributed by atoms with Gasteiger partial charge in [-0.2, -0.15) is 5.26 Å². The molecule has 0 aliphatic carbocycles. The van der Waals surface area contributed by atoms with Gasteiger partial charge in [-0.25, -0.2) is 0 Å². The van der Waals surface area contributed by atoms with Crippen molar-refractivity contribution in [2.45, 2.75) is 38.3 Å². The molecule has 22 heavy (non-hydrogen) atoms. The molecule has 3 heterocycles. The molecule has 1 aromatic carbocycles. The Morgan fingerprint density at radius 2 is 2.05 bits per heavy atom. The summed E-state index contributed by atoms with van der Waals surface area (Å²) in [7, 11) is 2.15. The first kappa shape index (κ1) is 13.9. The minimum atomic E-state index is 0.560. The maximum Gasteiger partial charge on any atom is 0.0992 e. The van der Waals surface area contributed by atoms with E-state index in [1.165, 1.54) is 29.9 Å². The van der Waals surface area contributed by atoms with Crippen LogP contribution in [0.25, 0.3) is 0 Å². The monoisotopic (exact) mass is 296 g/mol. The van der Waals surface area contributed by atoms with E-state index in [0.717, 1.165) is 25.2 Å². The van der Waals surface area contributed by atoms with Gasteiger partial charge in [-0.1, -0.05) is 0 Å². The van der Waals surface area contributed by atoms with Crippen LogP contribution in [0.3, 0.4) is 0 Å². The molecule has 0 aromatic heterocycles. The smallest absolute Gasteiger partial charge is 0.0992 e. The molecule has 0 bridgehead atoms. The Morgan fingerprint density at radius 1 is 1.23 bits per heavy atom. The van der Waals surface area contributed by atoms with Crippen molar-refractivity contribution in [3.63, 3.8) is 0 Å². The average molecular weight is 296 g/mol. The van der Waals surface area contributed by atoms with Crippen LogP contribution in [0, 0.1) is 11.3 Å². The molecule has 0 radical (unpaired) electrons. The molecule has 116 valence electrons. The Morgan fingerprint density at radius 3 is 2.77 bits per heavy atom. The van der Waals surface area contributed by atoms with E-state index >= 15 is 0 Å². The van der Waals surface area contributed by atoms with E-state index in [9.17, 15) is 5.26 Å². The van der Waals surface area contributed by atoms with Crippen molar-refractivity contribution in [3.05, 3.63) is 23.3 Å². The number of piperidine rings is 1. The maximum atomic E-state index is 9.40. The highest BCUT2D eigenvalue weighted by Crippen LogP contribution is 2.51. The second-order valence-corrected chi connectivity index (χ2v) is 7.21. The summed E-state index contributed by atoms with van der Waals surface area (Å²) >= 11 is 0.